The van der Waals surface area contributed by atoms with Crippen LogP contribution in [0.1, 0.15) is 24.5 Å². The molecule has 0 spiro atoms. The lowest BCUT2D eigenvalue weighted by atomic mass is 10.0. The van der Waals surface area contributed by atoms with E-state index in [1.54, 1.807) is 0 Å². The van der Waals surface area contributed by atoms with Gasteiger partial charge in [-0.2, -0.15) is 0 Å². The van der Waals surface area contributed by atoms with Gasteiger partial charge in [-0.3, -0.25) is 9.59 Å². The van der Waals surface area contributed by atoms with Gasteiger partial charge in [-0.1, -0.05) is 24.3 Å². The summed E-state index contributed by atoms with van der Waals surface area (Å²) in [6.45, 7) is 3.70. The summed E-state index contributed by atoms with van der Waals surface area (Å²) in [5.41, 5.74) is 8.02. The van der Waals surface area contributed by atoms with Gasteiger partial charge in [-0.25, -0.2) is 4.39 Å². The maximum atomic E-state index is 13.4. The molecule has 1 aliphatic rings. The van der Waals surface area contributed by atoms with Gasteiger partial charge in [0.05, 0.1) is 6.54 Å². The number of rotatable bonds is 3. The average Bonchev–Trinajstić information content (AvgIpc) is 2.81. The van der Waals surface area contributed by atoms with Crippen molar-refractivity contribution in [3.8, 4) is 0 Å². The fourth-order valence-electron chi connectivity index (χ4n) is 2.66. The molecule has 21 heavy (non-hydrogen) atoms. The number of halogens is 1. The molecule has 0 unspecified atom stereocenters. The average molecular weight is 290 g/mol. The molecule has 0 saturated carbocycles. The van der Waals surface area contributed by atoms with Crippen LogP contribution in [0.25, 0.3) is 5.57 Å². The third kappa shape index (κ3) is 3.29. The van der Waals surface area contributed by atoms with Crippen LogP contribution < -0.4 is 5.73 Å². The summed E-state index contributed by atoms with van der Waals surface area (Å²) in [7, 11) is 0. The molecule has 0 bridgehead atoms. The van der Waals surface area contributed by atoms with Gasteiger partial charge in [-0.05, 0) is 30.5 Å². The van der Waals surface area contributed by atoms with Gasteiger partial charge >= 0.3 is 0 Å². The molecule has 1 heterocycles. The van der Waals surface area contributed by atoms with Gasteiger partial charge in [0.15, 0.2) is 0 Å². The van der Waals surface area contributed by atoms with Gasteiger partial charge < -0.3 is 10.6 Å². The van der Waals surface area contributed by atoms with Crippen LogP contribution >= 0.6 is 0 Å². The summed E-state index contributed by atoms with van der Waals surface area (Å²) in [5, 5.41) is 0. The van der Waals surface area contributed by atoms with Crippen LogP contribution in [-0.4, -0.2) is 35.5 Å². The number of benzene rings is 1. The molecule has 1 aromatic rings. The quantitative estimate of drug-likeness (QED) is 0.863. The molecule has 1 saturated heterocycles. The first kappa shape index (κ1) is 15.2. The van der Waals surface area contributed by atoms with Crippen molar-refractivity contribution < 1.29 is 14.0 Å². The van der Waals surface area contributed by atoms with Crippen LogP contribution in [-0.2, 0) is 9.59 Å². The Balaban J connectivity index is 2.22. The molecule has 0 aliphatic carbocycles. The van der Waals surface area contributed by atoms with Crippen molar-refractivity contribution in [3.05, 3.63) is 41.5 Å². The van der Waals surface area contributed by atoms with Crippen LogP contribution in [0.15, 0.2) is 30.3 Å². The van der Waals surface area contributed by atoms with Crippen molar-refractivity contribution in [1.29, 1.82) is 0 Å². The van der Waals surface area contributed by atoms with Crippen LogP contribution in [0, 0.1) is 6.92 Å². The molecular formula is C16H19FN2O2. The zero-order valence-corrected chi connectivity index (χ0v) is 12.2. The first-order valence-electron chi connectivity index (χ1n) is 6.88. The Bertz CT molecular complexity index is 598. The lowest BCUT2D eigenvalue weighted by Gasteiger charge is -2.20. The molecule has 0 radical (unpaired) electrons. The molecular weight excluding hydrogens is 271 g/mol. The predicted molar refractivity (Wildman–Crippen MR) is 79.0 cm³/mol. The Labute approximate surface area is 123 Å². The Kier molecular flexibility index (Phi) is 4.40. The number of aryl methyl sites for hydroxylation is 1. The normalized spacial score (nSPS) is 22.4. The fourth-order valence-corrected chi connectivity index (χ4v) is 2.66. The van der Waals surface area contributed by atoms with Gasteiger partial charge in [-0.15, -0.1) is 0 Å². The minimum atomic E-state index is -1.20. The third-order valence-electron chi connectivity index (χ3n) is 3.77. The highest BCUT2D eigenvalue weighted by Crippen LogP contribution is 2.23. The highest BCUT2D eigenvalue weighted by molar-refractivity contribution is 5.98. The number of amides is 2. The number of carbonyl (C=O) groups excluding carboxylic acids is 2. The van der Waals surface area contributed by atoms with Crippen LogP contribution in [0.3, 0.4) is 0 Å². The molecule has 1 aromatic carbocycles. The van der Waals surface area contributed by atoms with Crippen LogP contribution in [0.2, 0.25) is 0 Å². The number of likely N-dealkylation sites (tertiary alicyclic amines) is 1. The zero-order chi connectivity index (χ0) is 15.6. The van der Waals surface area contributed by atoms with E-state index < -0.39 is 18.1 Å². The van der Waals surface area contributed by atoms with Crippen molar-refractivity contribution in [2.75, 3.05) is 6.54 Å². The number of hydrogen-bond donors (Lipinski definition) is 1. The molecule has 1 fully saturated rings. The van der Waals surface area contributed by atoms with Crippen LogP contribution in [0.5, 0.6) is 0 Å². The summed E-state index contributed by atoms with van der Waals surface area (Å²) >= 11 is 0. The summed E-state index contributed by atoms with van der Waals surface area (Å²) in [6, 6.07) is 6.83. The largest absolute Gasteiger partial charge is 0.368 e. The Morgan fingerprint density at radius 2 is 2.05 bits per heavy atom. The maximum absolute atomic E-state index is 13.4. The predicted octanol–water partition coefficient (Wildman–Crippen LogP) is 1.82. The van der Waals surface area contributed by atoms with Crippen molar-refractivity contribution in [1.82, 2.24) is 4.90 Å². The van der Waals surface area contributed by atoms with E-state index in [4.69, 9.17) is 5.73 Å². The van der Waals surface area contributed by atoms with Crippen LogP contribution in [0.4, 0.5) is 4.39 Å². The molecule has 112 valence electrons. The standard InChI is InChI=1S/C16H19FN2O2/c1-10-5-3-4-6-13(10)11(2)7-15(20)19-9-12(17)8-14(19)16(18)21/h3-7,12,14H,8-9H2,1-2H3,(H2,18,21)/b11-7-/t12-,14+/m1/s1. The van der Waals surface area contributed by atoms with Gasteiger partial charge in [0, 0.05) is 12.5 Å². The minimum absolute atomic E-state index is 0.0155. The summed E-state index contributed by atoms with van der Waals surface area (Å²) in [5.74, 6) is -1.04. The lowest BCUT2D eigenvalue weighted by molar-refractivity contribution is -0.133. The number of nitrogens with zero attached hydrogens (tertiary/aromatic N) is 1. The lowest BCUT2D eigenvalue weighted by Crippen LogP contribution is -2.43. The Morgan fingerprint density at radius 3 is 2.67 bits per heavy atom. The van der Waals surface area contributed by atoms with E-state index in [0.717, 1.165) is 16.7 Å². The van der Waals surface area contributed by atoms with Crippen molar-refractivity contribution in [3.63, 3.8) is 0 Å². The second kappa shape index (κ2) is 6.08. The number of primary amides is 1. The highest BCUT2D eigenvalue weighted by atomic mass is 19.1. The minimum Gasteiger partial charge on any atom is -0.368 e. The molecule has 5 heteroatoms. The van der Waals surface area contributed by atoms with Gasteiger partial charge in [0.2, 0.25) is 11.8 Å². The molecule has 2 atom stereocenters. The summed E-state index contributed by atoms with van der Waals surface area (Å²) < 4.78 is 13.4. The second-order valence-corrected chi connectivity index (χ2v) is 5.38. The molecule has 2 N–H and O–H groups in total. The number of carbonyl (C=O) groups is 2. The van der Waals surface area contributed by atoms with E-state index in [9.17, 15) is 14.0 Å². The molecule has 2 rings (SSSR count). The van der Waals surface area contributed by atoms with E-state index in [0.29, 0.717) is 0 Å². The first-order chi connectivity index (χ1) is 9.90. The summed E-state index contributed by atoms with van der Waals surface area (Å²) in [4.78, 5) is 24.8. The zero-order valence-electron chi connectivity index (χ0n) is 12.2. The van der Waals surface area contributed by atoms with E-state index >= 15 is 0 Å². The van der Waals surface area contributed by atoms with Crippen molar-refractivity contribution in [2.45, 2.75) is 32.5 Å². The highest BCUT2D eigenvalue weighted by Gasteiger charge is 2.37. The smallest absolute Gasteiger partial charge is 0.247 e. The molecule has 2 amide bonds. The first-order valence-corrected chi connectivity index (χ1v) is 6.88. The van der Waals surface area contributed by atoms with Gasteiger partial charge in [0.25, 0.3) is 0 Å². The number of hydrogen-bond acceptors (Lipinski definition) is 2. The van der Waals surface area contributed by atoms with Gasteiger partial charge in [0.1, 0.15) is 12.2 Å². The van der Waals surface area contributed by atoms with Crippen molar-refractivity contribution in [2.24, 2.45) is 5.73 Å². The molecule has 4 nitrogen and oxygen atoms in total. The van der Waals surface area contributed by atoms with Crippen molar-refractivity contribution >= 4 is 17.4 Å². The summed E-state index contributed by atoms with van der Waals surface area (Å²) in [6.07, 6.45) is 0.230. The van der Waals surface area contributed by atoms with E-state index in [1.807, 2.05) is 38.1 Å². The van der Waals surface area contributed by atoms with E-state index in [2.05, 4.69) is 0 Å². The number of allylic oxidation sites excluding steroid dienone is 1. The number of alkyl halides is 1. The topological polar surface area (TPSA) is 63.4 Å². The molecule has 1 aliphatic heterocycles. The van der Waals surface area contributed by atoms with E-state index in [1.165, 1.54) is 11.0 Å². The fraction of sp³-hybridized carbons (Fsp3) is 0.375. The Morgan fingerprint density at radius 1 is 1.38 bits per heavy atom. The second-order valence-electron chi connectivity index (χ2n) is 5.38. The van der Waals surface area contributed by atoms with E-state index in [-0.39, 0.29) is 18.9 Å². The maximum Gasteiger partial charge on any atom is 0.247 e. The molecule has 0 aromatic heterocycles. The third-order valence-corrected chi connectivity index (χ3v) is 3.77. The monoisotopic (exact) mass is 290 g/mol. The SMILES string of the molecule is C/C(=C/C(=O)N1C[C@H](F)C[C@H]1C(N)=O)c1ccccc1C. The Hall–Kier alpha value is -2.17. The number of nitrogens with two attached hydrogens (primary N) is 1.